The van der Waals surface area contributed by atoms with Gasteiger partial charge in [0.1, 0.15) is 5.75 Å². The number of hydrogen-bond acceptors (Lipinski definition) is 4. The molecule has 0 radical (unpaired) electrons. The minimum Gasteiger partial charge on any atom is -0.495 e. The highest BCUT2D eigenvalue weighted by atomic mass is 16.5. The van der Waals surface area contributed by atoms with Gasteiger partial charge in [-0.15, -0.1) is 0 Å². The Hall–Kier alpha value is -1.75. The van der Waals surface area contributed by atoms with Gasteiger partial charge in [0.25, 0.3) is 5.91 Å². The molecule has 0 saturated heterocycles. The predicted molar refractivity (Wildman–Crippen MR) is 79.8 cm³/mol. The topological polar surface area (TPSA) is 84.6 Å². The molecular weight excluding hydrogens is 256 g/mol. The van der Waals surface area contributed by atoms with E-state index in [-0.39, 0.29) is 17.9 Å². The third-order valence-corrected chi connectivity index (χ3v) is 3.27. The first-order valence-corrected chi connectivity index (χ1v) is 6.73. The van der Waals surface area contributed by atoms with Gasteiger partial charge in [0.2, 0.25) is 0 Å². The molecule has 0 atom stereocenters. The zero-order chi connectivity index (χ0) is 15.2. The summed E-state index contributed by atoms with van der Waals surface area (Å²) in [6.07, 6.45) is 1.57. The lowest BCUT2D eigenvalue weighted by atomic mass is 9.88. The lowest BCUT2D eigenvalue weighted by Crippen LogP contribution is -2.34. The fraction of sp³-hybridized carbons (Fsp3) is 0.533. The van der Waals surface area contributed by atoms with E-state index in [1.807, 2.05) is 0 Å². The van der Waals surface area contributed by atoms with Crippen LogP contribution in [0.3, 0.4) is 0 Å². The number of methoxy groups -OCH3 is 1. The molecule has 4 N–H and O–H groups in total. The Morgan fingerprint density at radius 2 is 2.15 bits per heavy atom. The zero-order valence-electron chi connectivity index (χ0n) is 12.4. The number of nitrogens with two attached hydrogens (primary N) is 1. The number of rotatable bonds is 7. The van der Waals surface area contributed by atoms with Crippen molar-refractivity contribution < 1.29 is 14.6 Å². The quantitative estimate of drug-likeness (QED) is 0.665. The van der Waals surface area contributed by atoms with Crippen LogP contribution in [0.2, 0.25) is 0 Å². The van der Waals surface area contributed by atoms with Crippen molar-refractivity contribution in [3.05, 3.63) is 23.8 Å². The van der Waals surface area contributed by atoms with E-state index in [9.17, 15) is 4.79 Å². The molecule has 0 aromatic heterocycles. The summed E-state index contributed by atoms with van der Waals surface area (Å²) in [6.45, 7) is 4.80. The van der Waals surface area contributed by atoms with Gasteiger partial charge in [-0.05, 0) is 30.4 Å². The van der Waals surface area contributed by atoms with Crippen LogP contribution >= 0.6 is 0 Å². The maximum absolute atomic E-state index is 12.2. The number of benzene rings is 1. The molecule has 0 saturated carbocycles. The number of nitrogens with one attached hydrogen (secondary N) is 1. The van der Waals surface area contributed by atoms with E-state index in [4.69, 9.17) is 15.6 Å². The molecule has 0 bridgehead atoms. The first-order valence-electron chi connectivity index (χ1n) is 6.73. The van der Waals surface area contributed by atoms with Crippen LogP contribution in [-0.4, -0.2) is 31.3 Å². The molecule has 0 spiro atoms. The minimum absolute atomic E-state index is 0.0635. The predicted octanol–water partition coefficient (Wildman–Crippen LogP) is 1.81. The van der Waals surface area contributed by atoms with E-state index in [0.717, 1.165) is 12.8 Å². The summed E-state index contributed by atoms with van der Waals surface area (Å²) in [5.41, 5.74) is 6.60. The number of hydrogen-bond donors (Lipinski definition) is 3. The van der Waals surface area contributed by atoms with Gasteiger partial charge in [0.15, 0.2) is 0 Å². The highest BCUT2D eigenvalue weighted by Gasteiger charge is 2.20. The molecule has 0 unspecified atom stereocenters. The van der Waals surface area contributed by atoms with Crippen LogP contribution in [0.15, 0.2) is 18.2 Å². The summed E-state index contributed by atoms with van der Waals surface area (Å²) >= 11 is 0. The summed E-state index contributed by atoms with van der Waals surface area (Å²) in [6, 6.07) is 5.13. The normalized spacial score (nSPS) is 11.2. The third kappa shape index (κ3) is 4.42. The molecule has 0 aliphatic rings. The molecule has 20 heavy (non-hydrogen) atoms. The summed E-state index contributed by atoms with van der Waals surface area (Å²) in [4.78, 5) is 12.2. The van der Waals surface area contributed by atoms with E-state index >= 15 is 0 Å². The van der Waals surface area contributed by atoms with Gasteiger partial charge in [0.05, 0.1) is 18.4 Å². The Balaban J connectivity index is 2.68. The van der Waals surface area contributed by atoms with E-state index in [1.54, 1.807) is 18.2 Å². The second-order valence-corrected chi connectivity index (χ2v) is 5.60. The molecule has 1 aromatic rings. The molecule has 0 aliphatic carbocycles. The average Bonchev–Trinajstić information content (AvgIpc) is 2.43. The highest BCUT2D eigenvalue weighted by Crippen LogP contribution is 2.25. The summed E-state index contributed by atoms with van der Waals surface area (Å²) in [7, 11) is 1.52. The molecule has 0 aliphatic heterocycles. The van der Waals surface area contributed by atoms with Gasteiger partial charge < -0.3 is 20.9 Å². The number of aliphatic hydroxyl groups excluding tert-OH is 1. The molecule has 1 amide bonds. The van der Waals surface area contributed by atoms with Crippen molar-refractivity contribution in [3.8, 4) is 5.75 Å². The molecule has 5 heteroatoms. The minimum atomic E-state index is -0.210. The van der Waals surface area contributed by atoms with Crippen LogP contribution in [0.25, 0.3) is 0 Å². The maximum Gasteiger partial charge on any atom is 0.253 e. The molecule has 5 nitrogen and oxygen atoms in total. The van der Waals surface area contributed by atoms with E-state index in [2.05, 4.69) is 19.2 Å². The molecule has 1 aromatic carbocycles. The van der Waals surface area contributed by atoms with E-state index in [1.165, 1.54) is 7.11 Å². The molecule has 112 valence electrons. The SMILES string of the molecule is COc1cccc(C(=O)NCC(C)(C)CCCO)c1N. The van der Waals surface area contributed by atoms with Gasteiger partial charge >= 0.3 is 0 Å². The lowest BCUT2D eigenvalue weighted by Gasteiger charge is -2.24. The van der Waals surface area contributed by atoms with E-state index in [0.29, 0.717) is 23.5 Å². The third-order valence-electron chi connectivity index (χ3n) is 3.27. The van der Waals surface area contributed by atoms with Crippen molar-refractivity contribution in [2.24, 2.45) is 5.41 Å². The number of ether oxygens (including phenoxy) is 1. The van der Waals surface area contributed by atoms with Crippen molar-refractivity contribution in [3.63, 3.8) is 0 Å². The van der Waals surface area contributed by atoms with Crippen molar-refractivity contribution in [1.82, 2.24) is 5.32 Å². The smallest absolute Gasteiger partial charge is 0.253 e. The Labute approximate surface area is 120 Å². The van der Waals surface area contributed by atoms with Crippen LogP contribution in [0.4, 0.5) is 5.69 Å². The van der Waals surface area contributed by atoms with Crippen LogP contribution in [-0.2, 0) is 0 Å². The first-order chi connectivity index (χ1) is 9.41. The van der Waals surface area contributed by atoms with Crippen molar-refractivity contribution in [1.29, 1.82) is 0 Å². The number of para-hydroxylation sites is 1. The molecule has 0 fully saturated rings. The second kappa shape index (κ2) is 7.14. The first kappa shape index (κ1) is 16.3. The van der Waals surface area contributed by atoms with Gasteiger partial charge in [-0.2, -0.15) is 0 Å². The van der Waals surface area contributed by atoms with Crippen LogP contribution in [0, 0.1) is 5.41 Å². The van der Waals surface area contributed by atoms with Gasteiger partial charge in [-0.3, -0.25) is 4.79 Å². The number of nitrogen functional groups attached to an aromatic ring is 1. The number of carbonyl (C=O) groups excluding carboxylic acids is 1. The number of carbonyl (C=O) groups is 1. The van der Waals surface area contributed by atoms with Crippen LogP contribution in [0.5, 0.6) is 5.75 Å². The van der Waals surface area contributed by atoms with Crippen molar-refractivity contribution >= 4 is 11.6 Å². The molecule has 1 rings (SSSR count). The lowest BCUT2D eigenvalue weighted by molar-refractivity contribution is 0.0933. The Kier molecular flexibility index (Phi) is 5.82. The second-order valence-electron chi connectivity index (χ2n) is 5.60. The Morgan fingerprint density at radius 3 is 2.75 bits per heavy atom. The summed E-state index contributed by atoms with van der Waals surface area (Å²) in [5.74, 6) is 0.288. The van der Waals surface area contributed by atoms with Crippen LogP contribution in [0.1, 0.15) is 37.0 Å². The number of anilines is 1. The van der Waals surface area contributed by atoms with Crippen molar-refractivity contribution in [2.45, 2.75) is 26.7 Å². The fourth-order valence-corrected chi connectivity index (χ4v) is 1.98. The van der Waals surface area contributed by atoms with E-state index < -0.39 is 0 Å². The monoisotopic (exact) mass is 280 g/mol. The fourth-order valence-electron chi connectivity index (χ4n) is 1.98. The molecule has 0 heterocycles. The summed E-state index contributed by atoms with van der Waals surface area (Å²) in [5, 5.41) is 11.7. The van der Waals surface area contributed by atoms with Crippen molar-refractivity contribution in [2.75, 3.05) is 26.0 Å². The number of aliphatic hydroxyl groups is 1. The molecular formula is C15H24N2O3. The Morgan fingerprint density at radius 1 is 1.45 bits per heavy atom. The van der Waals surface area contributed by atoms with Gasteiger partial charge in [-0.1, -0.05) is 19.9 Å². The Bertz CT molecular complexity index is 458. The average molecular weight is 280 g/mol. The van der Waals surface area contributed by atoms with Crippen LogP contribution < -0.4 is 15.8 Å². The summed E-state index contributed by atoms with van der Waals surface area (Å²) < 4.78 is 5.10. The number of amides is 1. The maximum atomic E-state index is 12.2. The van der Waals surface area contributed by atoms with Gasteiger partial charge in [0, 0.05) is 13.2 Å². The zero-order valence-corrected chi connectivity index (χ0v) is 12.4. The standard InChI is InChI=1S/C15H24N2O3/c1-15(2,8-5-9-18)10-17-14(19)11-6-4-7-12(20-3)13(11)16/h4,6-7,18H,5,8-10,16H2,1-3H3,(H,17,19). The van der Waals surface area contributed by atoms with Gasteiger partial charge in [-0.25, -0.2) is 0 Å². The highest BCUT2D eigenvalue weighted by molar-refractivity contribution is 6.00. The largest absolute Gasteiger partial charge is 0.495 e.